The van der Waals surface area contributed by atoms with Crippen molar-refractivity contribution in [1.82, 2.24) is 15.1 Å². The van der Waals surface area contributed by atoms with Crippen LogP contribution in [-0.2, 0) is 11.8 Å². The molecule has 0 fully saturated rings. The van der Waals surface area contributed by atoms with Crippen molar-refractivity contribution >= 4 is 11.9 Å². The molecule has 1 rings (SSSR count). The first-order chi connectivity index (χ1) is 8.41. The van der Waals surface area contributed by atoms with Gasteiger partial charge in [0, 0.05) is 20.0 Å². The van der Waals surface area contributed by atoms with E-state index in [0.29, 0.717) is 18.7 Å². The van der Waals surface area contributed by atoms with Gasteiger partial charge in [-0.1, -0.05) is 13.8 Å². The molecule has 0 atom stereocenters. The molecule has 100 valence electrons. The molecule has 1 amide bonds. The number of carbonyl (C=O) groups excluding carboxylic acids is 1. The summed E-state index contributed by atoms with van der Waals surface area (Å²) in [6.45, 7) is 4.38. The van der Waals surface area contributed by atoms with Crippen LogP contribution in [0.2, 0.25) is 0 Å². The van der Waals surface area contributed by atoms with E-state index < -0.39 is 5.97 Å². The zero-order valence-electron chi connectivity index (χ0n) is 10.9. The number of aliphatic carboxylic acids is 1. The molecule has 0 saturated heterocycles. The molecular weight excluding hydrogens is 234 g/mol. The highest BCUT2D eigenvalue weighted by Crippen LogP contribution is 2.13. The Morgan fingerprint density at radius 2 is 2.17 bits per heavy atom. The fraction of sp³-hybridized carbons (Fsp3) is 0.583. The number of hydrogen-bond acceptors (Lipinski definition) is 3. The van der Waals surface area contributed by atoms with Crippen molar-refractivity contribution in [2.24, 2.45) is 7.05 Å². The van der Waals surface area contributed by atoms with E-state index in [-0.39, 0.29) is 18.2 Å². The molecule has 0 aromatic carbocycles. The second kappa shape index (κ2) is 6.18. The Morgan fingerprint density at radius 3 is 2.67 bits per heavy atom. The second-order valence-electron chi connectivity index (χ2n) is 4.49. The minimum Gasteiger partial charge on any atom is -0.481 e. The smallest absolute Gasteiger partial charge is 0.303 e. The molecule has 0 unspecified atom stereocenters. The number of carbonyl (C=O) groups is 2. The van der Waals surface area contributed by atoms with Gasteiger partial charge in [-0.15, -0.1) is 0 Å². The lowest BCUT2D eigenvalue weighted by molar-refractivity contribution is -0.137. The molecule has 1 aromatic rings. The lowest BCUT2D eigenvalue weighted by atomic mass is 10.1. The summed E-state index contributed by atoms with van der Waals surface area (Å²) in [5, 5.41) is 15.4. The van der Waals surface area contributed by atoms with Crippen LogP contribution in [0.5, 0.6) is 0 Å². The van der Waals surface area contributed by atoms with E-state index in [1.807, 2.05) is 13.8 Å². The van der Waals surface area contributed by atoms with Crippen LogP contribution in [-0.4, -0.2) is 33.3 Å². The quantitative estimate of drug-likeness (QED) is 0.744. The van der Waals surface area contributed by atoms with E-state index >= 15 is 0 Å². The van der Waals surface area contributed by atoms with Gasteiger partial charge in [-0.2, -0.15) is 5.10 Å². The fourth-order valence-electron chi connectivity index (χ4n) is 1.52. The largest absolute Gasteiger partial charge is 0.481 e. The van der Waals surface area contributed by atoms with E-state index in [2.05, 4.69) is 10.4 Å². The topological polar surface area (TPSA) is 84.2 Å². The molecule has 0 radical (unpaired) electrons. The maximum Gasteiger partial charge on any atom is 0.303 e. The van der Waals surface area contributed by atoms with Gasteiger partial charge in [-0.05, 0) is 18.4 Å². The standard InChI is InChI=1S/C12H19N3O3/c1-8(2)9-7-10(15(3)14-9)12(18)13-6-4-5-11(16)17/h7-8H,4-6H2,1-3H3,(H,13,18)(H,16,17). The van der Waals surface area contributed by atoms with Crippen LogP contribution in [0, 0.1) is 0 Å². The number of nitrogens with zero attached hydrogens (tertiary/aromatic N) is 2. The van der Waals surface area contributed by atoms with Crippen LogP contribution in [0.25, 0.3) is 0 Å². The molecular formula is C12H19N3O3. The number of rotatable bonds is 6. The Labute approximate surface area is 106 Å². The molecule has 0 aliphatic carbocycles. The fourth-order valence-corrected chi connectivity index (χ4v) is 1.52. The molecule has 1 heterocycles. The highest BCUT2D eigenvalue weighted by molar-refractivity contribution is 5.92. The minimum absolute atomic E-state index is 0.0584. The van der Waals surface area contributed by atoms with Gasteiger partial charge >= 0.3 is 5.97 Å². The van der Waals surface area contributed by atoms with Crippen molar-refractivity contribution in [3.63, 3.8) is 0 Å². The van der Waals surface area contributed by atoms with Crippen molar-refractivity contribution in [3.05, 3.63) is 17.5 Å². The average molecular weight is 253 g/mol. The minimum atomic E-state index is -0.855. The van der Waals surface area contributed by atoms with Gasteiger partial charge in [0.05, 0.1) is 5.69 Å². The molecule has 18 heavy (non-hydrogen) atoms. The predicted molar refractivity (Wildman–Crippen MR) is 66.5 cm³/mol. The Hall–Kier alpha value is -1.85. The lowest BCUT2D eigenvalue weighted by Crippen LogP contribution is -2.26. The summed E-state index contributed by atoms with van der Waals surface area (Å²) in [5.41, 5.74) is 1.36. The number of carboxylic acid groups (broad SMARTS) is 1. The number of hydrogen-bond donors (Lipinski definition) is 2. The van der Waals surface area contributed by atoms with Crippen molar-refractivity contribution in [2.75, 3.05) is 6.54 Å². The number of amides is 1. The van der Waals surface area contributed by atoms with Gasteiger partial charge in [-0.3, -0.25) is 14.3 Å². The summed E-state index contributed by atoms with van der Waals surface area (Å²) in [6.07, 6.45) is 0.485. The summed E-state index contributed by atoms with van der Waals surface area (Å²) < 4.78 is 1.54. The van der Waals surface area contributed by atoms with Crippen LogP contribution >= 0.6 is 0 Å². The van der Waals surface area contributed by atoms with Crippen molar-refractivity contribution < 1.29 is 14.7 Å². The van der Waals surface area contributed by atoms with Gasteiger partial charge in [0.15, 0.2) is 0 Å². The highest BCUT2D eigenvalue weighted by Gasteiger charge is 2.14. The summed E-state index contributed by atoms with van der Waals surface area (Å²) in [6, 6.07) is 1.76. The van der Waals surface area contributed by atoms with E-state index in [9.17, 15) is 9.59 Å². The highest BCUT2D eigenvalue weighted by atomic mass is 16.4. The molecule has 0 aliphatic heterocycles. The number of carboxylic acids is 1. The number of nitrogens with one attached hydrogen (secondary N) is 1. The van der Waals surface area contributed by atoms with Gasteiger partial charge < -0.3 is 10.4 Å². The number of aryl methyl sites for hydroxylation is 1. The second-order valence-corrected chi connectivity index (χ2v) is 4.49. The summed E-state index contributed by atoms with van der Waals surface area (Å²) in [5.74, 6) is -0.807. The van der Waals surface area contributed by atoms with Gasteiger partial charge in [0.25, 0.3) is 5.91 Å². The van der Waals surface area contributed by atoms with Crippen LogP contribution in [0.15, 0.2) is 6.07 Å². The summed E-state index contributed by atoms with van der Waals surface area (Å²) in [7, 11) is 1.72. The normalized spacial score (nSPS) is 10.7. The molecule has 2 N–H and O–H groups in total. The molecule has 0 saturated carbocycles. The van der Waals surface area contributed by atoms with E-state index in [1.165, 1.54) is 0 Å². The first kappa shape index (κ1) is 14.2. The maximum atomic E-state index is 11.8. The Kier molecular flexibility index (Phi) is 4.88. The Morgan fingerprint density at radius 1 is 1.50 bits per heavy atom. The summed E-state index contributed by atoms with van der Waals surface area (Å²) >= 11 is 0. The van der Waals surface area contributed by atoms with Crippen molar-refractivity contribution in [2.45, 2.75) is 32.6 Å². The Balaban J connectivity index is 2.53. The predicted octanol–water partition coefficient (Wildman–Crippen LogP) is 1.14. The zero-order chi connectivity index (χ0) is 13.7. The third-order valence-corrected chi connectivity index (χ3v) is 2.58. The maximum absolute atomic E-state index is 11.8. The number of aromatic nitrogens is 2. The van der Waals surface area contributed by atoms with Crippen LogP contribution in [0.1, 0.15) is 48.8 Å². The third-order valence-electron chi connectivity index (χ3n) is 2.58. The zero-order valence-corrected chi connectivity index (χ0v) is 10.9. The monoisotopic (exact) mass is 253 g/mol. The van der Waals surface area contributed by atoms with Gasteiger partial charge in [0.1, 0.15) is 5.69 Å². The van der Waals surface area contributed by atoms with Crippen molar-refractivity contribution in [3.8, 4) is 0 Å². The first-order valence-corrected chi connectivity index (χ1v) is 5.95. The SMILES string of the molecule is CC(C)c1cc(C(=O)NCCCC(=O)O)n(C)n1. The lowest BCUT2D eigenvalue weighted by Gasteiger charge is -2.03. The molecule has 0 bridgehead atoms. The van der Waals surface area contributed by atoms with Gasteiger partial charge in [-0.25, -0.2) is 0 Å². The summed E-state index contributed by atoms with van der Waals surface area (Å²) in [4.78, 5) is 22.1. The molecule has 6 nitrogen and oxygen atoms in total. The molecule has 0 spiro atoms. The molecule has 6 heteroatoms. The van der Waals surface area contributed by atoms with E-state index in [0.717, 1.165) is 5.69 Å². The van der Waals surface area contributed by atoms with E-state index in [4.69, 9.17) is 5.11 Å². The van der Waals surface area contributed by atoms with Crippen molar-refractivity contribution in [1.29, 1.82) is 0 Å². The van der Waals surface area contributed by atoms with Crippen LogP contribution in [0.3, 0.4) is 0 Å². The van der Waals surface area contributed by atoms with E-state index in [1.54, 1.807) is 17.8 Å². The van der Waals surface area contributed by atoms with Crippen LogP contribution < -0.4 is 5.32 Å². The molecule has 0 aliphatic rings. The first-order valence-electron chi connectivity index (χ1n) is 5.95. The van der Waals surface area contributed by atoms with Crippen LogP contribution in [0.4, 0.5) is 0 Å². The van der Waals surface area contributed by atoms with Gasteiger partial charge in [0.2, 0.25) is 0 Å². The average Bonchev–Trinajstić information content (AvgIpc) is 2.66. The third kappa shape index (κ3) is 3.87. The molecule has 1 aromatic heterocycles. The Bertz CT molecular complexity index is 438.